The topological polar surface area (TPSA) is 62.7 Å². The molecule has 0 bridgehead atoms. The minimum absolute atomic E-state index is 0.151. The molecule has 0 fully saturated rings. The number of nitrogens with zero attached hydrogens (tertiary/aromatic N) is 1. The first-order chi connectivity index (χ1) is 12.4. The summed E-state index contributed by atoms with van der Waals surface area (Å²) in [6.07, 6.45) is 2.66. The maximum Gasteiger partial charge on any atom is 0.339 e. The molecule has 0 unspecified atom stereocenters. The fourth-order valence-corrected chi connectivity index (χ4v) is 2.78. The Morgan fingerprint density at radius 3 is 2.65 bits per heavy atom. The summed E-state index contributed by atoms with van der Waals surface area (Å²) in [4.78, 5) is 11.9. The maximum absolute atomic E-state index is 11.9. The van der Waals surface area contributed by atoms with Gasteiger partial charge < -0.3 is 10.1 Å². The molecule has 2 aromatic carbocycles. The van der Waals surface area contributed by atoms with Crippen LogP contribution in [0.25, 0.3) is 0 Å². The van der Waals surface area contributed by atoms with Crippen LogP contribution in [0.1, 0.15) is 31.4 Å². The molecule has 7 heteroatoms. The van der Waals surface area contributed by atoms with Gasteiger partial charge in [0.25, 0.3) is 0 Å². The second-order valence-corrected chi connectivity index (χ2v) is 7.52. The van der Waals surface area contributed by atoms with E-state index in [1.807, 2.05) is 50.2 Å². The molecule has 0 heterocycles. The number of aryl methyl sites for hydroxylation is 1. The Kier molecular flexibility index (Phi) is 7.66. The van der Waals surface area contributed by atoms with Gasteiger partial charge >= 0.3 is 6.03 Å². The lowest BCUT2D eigenvalue weighted by atomic mass is 10.2. The summed E-state index contributed by atoms with van der Waals surface area (Å²) in [6.45, 7) is 6.06. The summed E-state index contributed by atoms with van der Waals surface area (Å²) >= 11 is 6.92. The van der Waals surface area contributed by atoms with E-state index >= 15 is 0 Å². The monoisotopic (exact) mass is 481 g/mol. The third kappa shape index (κ3) is 6.14. The van der Waals surface area contributed by atoms with E-state index in [2.05, 4.69) is 54.6 Å². The van der Waals surface area contributed by atoms with Crippen LogP contribution in [0.2, 0.25) is 0 Å². The Labute approximate surface area is 170 Å². The molecule has 1 atom stereocenters. The van der Waals surface area contributed by atoms with Gasteiger partial charge in [-0.3, -0.25) is 0 Å². The van der Waals surface area contributed by atoms with Crippen molar-refractivity contribution in [2.24, 2.45) is 5.10 Å². The number of ether oxygens (including phenoxy) is 1. The Morgan fingerprint density at radius 2 is 2.00 bits per heavy atom. The number of hydrogen-bond acceptors (Lipinski definition) is 3. The molecule has 2 amide bonds. The Morgan fingerprint density at radius 1 is 1.23 bits per heavy atom. The quantitative estimate of drug-likeness (QED) is 0.400. The van der Waals surface area contributed by atoms with Crippen LogP contribution in [-0.4, -0.2) is 18.3 Å². The van der Waals surface area contributed by atoms with Crippen molar-refractivity contribution in [2.45, 2.75) is 33.3 Å². The number of amides is 2. The molecule has 0 aliphatic carbocycles. The zero-order valence-electron chi connectivity index (χ0n) is 14.8. The van der Waals surface area contributed by atoms with Crippen molar-refractivity contribution in [3.05, 3.63) is 56.5 Å². The normalized spacial score (nSPS) is 12.0. The lowest BCUT2D eigenvalue weighted by molar-refractivity contribution is 0.216. The highest BCUT2D eigenvalue weighted by Gasteiger charge is 2.06. The number of anilines is 1. The first-order valence-corrected chi connectivity index (χ1v) is 9.80. The molecule has 0 aromatic heterocycles. The van der Waals surface area contributed by atoms with Gasteiger partial charge in [-0.05, 0) is 83.7 Å². The van der Waals surface area contributed by atoms with Crippen molar-refractivity contribution in [2.75, 3.05) is 5.32 Å². The van der Waals surface area contributed by atoms with E-state index in [9.17, 15) is 4.79 Å². The number of hydrazone groups is 1. The number of carbonyl (C=O) groups is 1. The van der Waals surface area contributed by atoms with E-state index in [-0.39, 0.29) is 6.10 Å². The van der Waals surface area contributed by atoms with E-state index in [4.69, 9.17) is 4.74 Å². The summed E-state index contributed by atoms with van der Waals surface area (Å²) in [5.74, 6) is 0.785. The lowest BCUT2D eigenvalue weighted by Gasteiger charge is -2.14. The van der Waals surface area contributed by atoms with Gasteiger partial charge in [-0.1, -0.05) is 22.9 Å². The van der Waals surface area contributed by atoms with Crippen LogP contribution in [-0.2, 0) is 0 Å². The van der Waals surface area contributed by atoms with Crippen LogP contribution in [0.4, 0.5) is 10.5 Å². The fraction of sp³-hybridized carbons (Fsp3) is 0.263. The fourth-order valence-electron chi connectivity index (χ4n) is 2.04. The lowest BCUT2D eigenvalue weighted by Crippen LogP contribution is -2.24. The van der Waals surface area contributed by atoms with Crippen LogP contribution >= 0.6 is 31.9 Å². The molecule has 0 spiro atoms. The van der Waals surface area contributed by atoms with Crippen molar-refractivity contribution < 1.29 is 9.53 Å². The van der Waals surface area contributed by atoms with E-state index in [0.29, 0.717) is 5.69 Å². The van der Waals surface area contributed by atoms with Crippen molar-refractivity contribution in [1.82, 2.24) is 5.43 Å². The molecule has 0 aliphatic heterocycles. The number of urea groups is 1. The largest absolute Gasteiger partial charge is 0.490 e. The number of halogens is 2. The summed E-state index contributed by atoms with van der Waals surface area (Å²) in [7, 11) is 0. The zero-order chi connectivity index (χ0) is 19.1. The highest BCUT2D eigenvalue weighted by Crippen LogP contribution is 2.27. The predicted molar refractivity (Wildman–Crippen MR) is 113 cm³/mol. The molecule has 2 rings (SSSR count). The highest BCUT2D eigenvalue weighted by atomic mass is 79.9. The second-order valence-electron chi connectivity index (χ2n) is 5.81. The number of rotatable bonds is 6. The van der Waals surface area contributed by atoms with Gasteiger partial charge in [0.05, 0.1) is 16.8 Å². The molecule has 2 N–H and O–H groups in total. The smallest absolute Gasteiger partial charge is 0.339 e. The average molecular weight is 483 g/mol. The third-order valence-corrected chi connectivity index (χ3v) is 5.16. The number of nitrogens with one attached hydrogen (secondary N) is 2. The average Bonchev–Trinajstić information content (AvgIpc) is 2.60. The van der Waals surface area contributed by atoms with Gasteiger partial charge in [0.1, 0.15) is 5.75 Å². The van der Waals surface area contributed by atoms with E-state index in [1.54, 1.807) is 6.21 Å². The molecule has 0 saturated carbocycles. The molecule has 0 aliphatic rings. The first kappa shape index (κ1) is 20.5. The maximum atomic E-state index is 11.9. The van der Waals surface area contributed by atoms with Crippen molar-refractivity contribution in [1.29, 1.82) is 0 Å². The SMILES string of the molecule is CC[C@@H](C)Oc1ccc(/C=N/NC(=O)Nc2ccc(Br)c(C)c2)cc1Br. The van der Waals surface area contributed by atoms with Crippen LogP contribution in [0.5, 0.6) is 5.75 Å². The highest BCUT2D eigenvalue weighted by molar-refractivity contribution is 9.10. The molecule has 5 nitrogen and oxygen atoms in total. The molecule has 0 saturated heterocycles. The second kappa shape index (κ2) is 9.73. The van der Waals surface area contributed by atoms with Crippen LogP contribution < -0.4 is 15.5 Å². The Bertz CT molecular complexity index is 809. The van der Waals surface area contributed by atoms with Gasteiger partial charge in [0, 0.05) is 10.2 Å². The van der Waals surface area contributed by atoms with Gasteiger partial charge in [-0.25, -0.2) is 10.2 Å². The summed E-state index contributed by atoms with van der Waals surface area (Å²) in [5.41, 5.74) is 5.03. The molecule has 2 aromatic rings. The van der Waals surface area contributed by atoms with Crippen LogP contribution in [0.3, 0.4) is 0 Å². The zero-order valence-corrected chi connectivity index (χ0v) is 18.0. The molecular formula is C19H21Br2N3O2. The van der Waals surface area contributed by atoms with Gasteiger partial charge in [0.15, 0.2) is 0 Å². The van der Waals surface area contributed by atoms with E-state index < -0.39 is 6.03 Å². The number of benzene rings is 2. The summed E-state index contributed by atoms with van der Waals surface area (Å²) in [5, 5.41) is 6.70. The Hall–Kier alpha value is -1.86. The molecule has 26 heavy (non-hydrogen) atoms. The van der Waals surface area contributed by atoms with Gasteiger partial charge in [0.2, 0.25) is 0 Å². The van der Waals surface area contributed by atoms with Crippen LogP contribution in [0.15, 0.2) is 50.4 Å². The van der Waals surface area contributed by atoms with E-state index in [0.717, 1.165) is 32.2 Å². The molecular weight excluding hydrogens is 462 g/mol. The van der Waals surface area contributed by atoms with Gasteiger partial charge in [-0.2, -0.15) is 5.10 Å². The van der Waals surface area contributed by atoms with Crippen molar-refractivity contribution in [3.8, 4) is 5.75 Å². The predicted octanol–water partition coefficient (Wildman–Crippen LogP) is 5.85. The van der Waals surface area contributed by atoms with E-state index in [1.165, 1.54) is 0 Å². The van der Waals surface area contributed by atoms with Gasteiger partial charge in [-0.15, -0.1) is 0 Å². The summed E-state index contributed by atoms with van der Waals surface area (Å²) in [6, 6.07) is 10.8. The third-order valence-electron chi connectivity index (χ3n) is 3.65. The summed E-state index contributed by atoms with van der Waals surface area (Å²) < 4.78 is 7.64. The number of hydrogen-bond donors (Lipinski definition) is 2. The van der Waals surface area contributed by atoms with Crippen molar-refractivity contribution >= 4 is 49.8 Å². The Balaban J connectivity index is 1.92. The van der Waals surface area contributed by atoms with Crippen LogP contribution in [0, 0.1) is 6.92 Å². The first-order valence-electron chi connectivity index (χ1n) is 8.21. The number of carbonyl (C=O) groups excluding carboxylic acids is 1. The molecule has 0 radical (unpaired) electrons. The minimum Gasteiger partial charge on any atom is -0.490 e. The molecule has 138 valence electrons. The standard InChI is InChI=1S/C19H21Br2N3O2/c1-4-13(3)26-18-8-5-14(10-17(18)21)11-22-24-19(25)23-15-6-7-16(20)12(2)9-15/h5-11,13H,4H2,1-3H3,(H2,23,24,25)/b22-11+/t13-/m1/s1. The van der Waals surface area contributed by atoms with Crippen molar-refractivity contribution in [3.63, 3.8) is 0 Å². The minimum atomic E-state index is -0.404.